The van der Waals surface area contributed by atoms with Crippen LogP contribution >= 0.6 is 0 Å². The summed E-state index contributed by atoms with van der Waals surface area (Å²) in [6.45, 7) is 6.65. The Labute approximate surface area is 86.0 Å². The largest absolute Gasteiger partial charge is 0.392 e. The number of aryl methyl sites for hydroxylation is 1. The third kappa shape index (κ3) is 3.13. The molecule has 0 aliphatic rings. The number of benzene rings is 1. The fraction of sp³-hybridized carbons (Fsp3) is 0.500. The molecule has 0 radical (unpaired) electrons. The molecule has 78 valence electrons. The van der Waals surface area contributed by atoms with Crippen LogP contribution in [0.2, 0.25) is 0 Å². The van der Waals surface area contributed by atoms with E-state index in [0.717, 1.165) is 0 Å². The highest BCUT2D eigenvalue weighted by Gasteiger charge is 2.07. The van der Waals surface area contributed by atoms with Gasteiger partial charge < -0.3 is 10.4 Å². The van der Waals surface area contributed by atoms with E-state index >= 15 is 0 Å². The lowest BCUT2D eigenvalue weighted by atomic mass is 10.0. The van der Waals surface area contributed by atoms with Crippen molar-refractivity contribution in [3.63, 3.8) is 0 Å². The van der Waals surface area contributed by atoms with E-state index in [-0.39, 0.29) is 6.10 Å². The van der Waals surface area contributed by atoms with Crippen LogP contribution in [0.1, 0.15) is 31.0 Å². The molecular weight excluding hydrogens is 174 g/mol. The van der Waals surface area contributed by atoms with Gasteiger partial charge in [0.25, 0.3) is 0 Å². The summed E-state index contributed by atoms with van der Waals surface area (Å²) in [6.07, 6.45) is -0.290. The lowest BCUT2D eigenvalue weighted by Crippen LogP contribution is -2.27. The quantitative estimate of drug-likeness (QED) is 0.767. The van der Waals surface area contributed by atoms with Crippen molar-refractivity contribution in [2.45, 2.75) is 32.9 Å². The van der Waals surface area contributed by atoms with Crippen molar-refractivity contribution in [2.24, 2.45) is 0 Å². The Morgan fingerprint density at radius 3 is 2.50 bits per heavy atom. The molecule has 0 fully saturated rings. The molecule has 14 heavy (non-hydrogen) atoms. The average molecular weight is 193 g/mol. The second kappa shape index (κ2) is 5.13. The molecule has 0 unspecified atom stereocenters. The van der Waals surface area contributed by atoms with Gasteiger partial charge in [-0.25, -0.2) is 0 Å². The molecule has 0 saturated heterocycles. The van der Waals surface area contributed by atoms with Gasteiger partial charge >= 0.3 is 0 Å². The summed E-state index contributed by atoms with van der Waals surface area (Å²) in [6, 6.07) is 8.61. The van der Waals surface area contributed by atoms with E-state index in [2.05, 4.69) is 31.3 Å². The van der Waals surface area contributed by atoms with Crippen molar-refractivity contribution in [2.75, 3.05) is 6.54 Å². The van der Waals surface area contributed by atoms with Gasteiger partial charge in [0.05, 0.1) is 6.10 Å². The molecule has 2 atom stereocenters. The Morgan fingerprint density at radius 1 is 1.29 bits per heavy atom. The minimum atomic E-state index is -0.290. The SMILES string of the molecule is Cc1ccccc1[C@H](C)NC[C@H](C)O. The van der Waals surface area contributed by atoms with Gasteiger partial charge in [-0.15, -0.1) is 0 Å². The standard InChI is InChI=1S/C12H19NO/c1-9-6-4-5-7-12(9)11(3)13-8-10(2)14/h4-7,10-11,13-14H,8H2,1-3H3/t10-,11-/m0/s1. The Kier molecular flexibility index (Phi) is 4.11. The summed E-state index contributed by atoms with van der Waals surface area (Å²) in [7, 11) is 0. The summed E-state index contributed by atoms with van der Waals surface area (Å²) in [4.78, 5) is 0. The molecule has 1 rings (SSSR count). The first kappa shape index (κ1) is 11.2. The van der Waals surface area contributed by atoms with Gasteiger partial charge in [-0.3, -0.25) is 0 Å². The fourth-order valence-electron chi connectivity index (χ4n) is 1.53. The maximum absolute atomic E-state index is 9.15. The zero-order chi connectivity index (χ0) is 10.6. The van der Waals surface area contributed by atoms with E-state index in [0.29, 0.717) is 12.6 Å². The van der Waals surface area contributed by atoms with E-state index in [9.17, 15) is 0 Å². The van der Waals surface area contributed by atoms with E-state index in [1.807, 2.05) is 12.1 Å². The topological polar surface area (TPSA) is 32.3 Å². The Morgan fingerprint density at radius 2 is 1.93 bits per heavy atom. The van der Waals surface area contributed by atoms with Crippen LogP contribution in [0.5, 0.6) is 0 Å². The predicted molar refractivity (Wildman–Crippen MR) is 59.3 cm³/mol. The molecule has 2 N–H and O–H groups in total. The molecule has 0 bridgehead atoms. The van der Waals surface area contributed by atoms with Crippen LogP contribution in [-0.4, -0.2) is 17.8 Å². The highest BCUT2D eigenvalue weighted by Crippen LogP contribution is 2.16. The number of hydrogen-bond donors (Lipinski definition) is 2. The van der Waals surface area contributed by atoms with Crippen LogP contribution in [0.15, 0.2) is 24.3 Å². The van der Waals surface area contributed by atoms with Gasteiger partial charge in [-0.2, -0.15) is 0 Å². The number of aliphatic hydroxyl groups is 1. The van der Waals surface area contributed by atoms with E-state index in [1.165, 1.54) is 11.1 Å². The molecule has 0 spiro atoms. The third-order valence-electron chi connectivity index (χ3n) is 2.37. The zero-order valence-corrected chi connectivity index (χ0v) is 9.12. The van der Waals surface area contributed by atoms with Gasteiger partial charge in [0.15, 0.2) is 0 Å². The summed E-state index contributed by atoms with van der Waals surface area (Å²) in [5.41, 5.74) is 2.59. The van der Waals surface area contributed by atoms with E-state index in [4.69, 9.17) is 5.11 Å². The van der Waals surface area contributed by atoms with Crippen LogP contribution < -0.4 is 5.32 Å². The minimum absolute atomic E-state index is 0.290. The first-order valence-corrected chi connectivity index (χ1v) is 5.08. The second-order valence-electron chi connectivity index (χ2n) is 3.84. The molecule has 2 heteroatoms. The molecular formula is C12H19NO. The number of aliphatic hydroxyl groups excluding tert-OH is 1. The summed E-state index contributed by atoms with van der Waals surface area (Å²) in [5.74, 6) is 0. The predicted octanol–water partition coefficient (Wildman–Crippen LogP) is 2.03. The van der Waals surface area contributed by atoms with Crippen molar-refractivity contribution in [3.8, 4) is 0 Å². The number of nitrogens with one attached hydrogen (secondary N) is 1. The number of rotatable bonds is 4. The molecule has 0 heterocycles. The highest BCUT2D eigenvalue weighted by atomic mass is 16.3. The normalized spacial score (nSPS) is 15.1. The van der Waals surface area contributed by atoms with E-state index in [1.54, 1.807) is 6.92 Å². The Balaban J connectivity index is 2.60. The summed E-state index contributed by atoms with van der Waals surface area (Å²) in [5, 5.41) is 12.4. The maximum Gasteiger partial charge on any atom is 0.0636 e. The van der Waals surface area contributed by atoms with E-state index < -0.39 is 0 Å². The van der Waals surface area contributed by atoms with Crippen molar-refractivity contribution >= 4 is 0 Å². The molecule has 0 aliphatic heterocycles. The molecule has 0 saturated carbocycles. The monoisotopic (exact) mass is 193 g/mol. The maximum atomic E-state index is 9.15. The molecule has 1 aromatic rings. The molecule has 2 nitrogen and oxygen atoms in total. The molecule has 0 amide bonds. The van der Waals surface area contributed by atoms with Gasteiger partial charge in [0.1, 0.15) is 0 Å². The average Bonchev–Trinajstić information content (AvgIpc) is 2.15. The molecule has 0 aliphatic carbocycles. The van der Waals surface area contributed by atoms with Crippen LogP contribution in [0, 0.1) is 6.92 Å². The van der Waals surface area contributed by atoms with Crippen LogP contribution in [0.4, 0.5) is 0 Å². The minimum Gasteiger partial charge on any atom is -0.392 e. The second-order valence-corrected chi connectivity index (χ2v) is 3.84. The van der Waals surface area contributed by atoms with Crippen LogP contribution in [0.3, 0.4) is 0 Å². The van der Waals surface area contributed by atoms with Gasteiger partial charge in [0.2, 0.25) is 0 Å². The van der Waals surface area contributed by atoms with Gasteiger partial charge in [-0.05, 0) is 31.9 Å². The van der Waals surface area contributed by atoms with Gasteiger partial charge in [0, 0.05) is 12.6 Å². The van der Waals surface area contributed by atoms with Crippen molar-refractivity contribution in [1.29, 1.82) is 0 Å². The first-order valence-electron chi connectivity index (χ1n) is 5.08. The molecule has 0 aromatic heterocycles. The summed E-state index contributed by atoms with van der Waals surface area (Å²) >= 11 is 0. The lowest BCUT2D eigenvalue weighted by Gasteiger charge is -2.17. The number of hydrogen-bond acceptors (Lipinski definition) is 2. The summed E-state index contributed by atoms with van der Waals surface area (Å²) < 4.78 is 0. The third-order valence-corrected chi connectivity index (χ3v) is 2.37. The van der Waals surface area contributed by atoms with Crippen LogP contribution in [-0.2, 0) is 0 Å². The van der Waals surface area contributed by atoms with Crippen LogP contribution in [0.25, 0.3) is 0 Å². The molecule has 1 aromatic carbocycles. The van der Waals surface area contributed by atoms with Gasteiger partial charge in [-0.1, -0.05) is 24.3 Å². The Hall–Kier alpha value is -0.860. The first-order chi connectivity index (χ1) is 6.61. The van der Waals surface area contributed by atoms with Crippen molar-refractivity contribution < 1.29 is 5.11 Å². The lowest BCUT2D eigenvalue weighted by molar-refractivity contribution is 0.187. The Bertz CT molecular complexity index is 283. The zero-order valence-electron chi connectivity index (χ0n) is 9.12. The van der Waals surface area contributed by atoms with Crippen molar-refractivity contribution in [1.82, 2.24) is 5.32 Å². The highest BCUT2D eigenvalue weighted by molar-refractivity contribution is 5.28. The fourth-order valence-corrected chi connectivity index (χ4v) is 1.53. The van der Waals surface area contributed by atoms with Crippen molar-refractivity contribution in [3.05, 3.63) is 35.4 Å². The smallest absolute Gasteiger partial charge is 0.0636 e.